The predicted molar refractivity (Wildman–Crippen MR) is 65.2 cm³/mol. The maximum absolute atomic E-state index is 11.7. The number of carbonyl (C=O) groups is 2. The van der Waals surface area contributed by atoms with Gasteiger partial charge in [0.25, 0.3) is 5.91 Å². The largest absolute Gasteiger partial charge is 0.329 e. The Labute approximate surface area is 105 Å². The van der Waals surface area contributed by atoms with Crippen LogP contribution in [0.4, 0.5) is 4.79 Å². The zero-order chi connectivity index (χ0) is 13.1. The summed E-state index contributed by atoms with van der Waals surface area (Å²) in [5, 5.41) is 5.24. The zero-order valence-electron chi connectivity index (χ0n) is 10.3. The number of urea groups is 1. The fourth-order valence-corrected chi connectivity index (χ4v) is 2.27. The molecule has 2 aliphatic rings. The standard InChI is InChI=1S/C11H16N4O3/c1-15-10(16)8(14-18)9(13-11(15)17)12-7-5-3-2-4-6-7/h7-8H,2-6H2,1H3,(H,12,13,17). The van der Waals surface area contributed by atoms with Gasteiger partial charge >= 0.3 is 6.03 Å². The van der Waals surface area contributed by atoms with E-state index in [4.69, 9.17) is 0 Å². The molecule has 7 nitrogen and oxygen atoms in total. The SMILES string of the molecule is CN1C(=O)NC(=NC2CCCCC2)C(N=O)C1=O. The summed E-state index contributed by atoms with van der Waals surface area (Å²) < 4.78 is 0. The molecule has 0 bridgehead atoms. The first-order chi connectivity index (χ1) is 8.63. The second-order valence-electron chi connectivity index (χ2n) is 4.64. The van der Waals surface area contributed by atoms with Crippen LogP contribution in [0.3, 0.4) is 0 Å². The molecular formula is C11H16N4O3. The highest BCUT2D eigenvalue weighted by Gasteiger charge is 2.38. The molecule has 1 saturated heterocycles. The average molecular weight is 252 g/mol. The van der Waals surface area contributed by atoms with Crippen LogP contribution in [-0.4, -0.2) is 41.8 Å². The molecule has 0 aromatic rings. The normalized spacial score (nSPS) is 28.4. The third kappa shape index (κ3) is 2.39. The molecule has 0 radical (unpaired) electrons. The second-order valence-corrected chi connectivity index (χ2v) is 4.64. The Morgan fingerprint density at radius 2 is 1.89 bits per heavy atom. The average Bonchev–Trinajstić information content (AvgIpc) is 2.38. The summed E-state index contributed by atoms with van der Waals surface area (Å²) in [5.74, 6) is -0.520. The van der Waals surface area contributed by atoms with Crippen LogP contribution in [0.1, 0.15) is 32.1 Å². The van der Waals surface area contributed by atoms with E-state index in [1.807, 2.05) is 0 Å². The van der Waals surface area contributed by atoms with E-state index in [1.54, 1.807) is 0 Å². The number of nitroso groups, excluding NO2 is 1. The van der Waals surface area contributed by atoms with Gasteiger partial charge in [0.2, 0.25) is 6.04 Å². The Bertz CT molecular complexity index is 401. The fourth-order valence-electron chi connectivity index (χ4n) is 2.27. The Balaban J connectivity index is 2.18. The van der Waals surface area contributed by atoms with Crippen LogP contribution in [0.25, 0.3) is 0 Å². The zero-order valence-corrected chi connectivity index (χ0v) is 10.3. The predicted octanol–water partition coefficient (Wildman–Crippen LogP) is 1.03. The monoisotopic (exact) mass is 252 g/mol. The molecule has 1 N–H and O–H groups in total. The maximum Gasteiger partial charge on any atom is 0.329 e. The van der Waals surface area contributed by atoms with Gasteiger partial charge in [-0.25, -0.2) is 4.79 Å². The molecule has 7 heteroatoms. The molecule has 1 aliphatic carbocycles. The van der Waals surface area contributed by atoms with Gasteiger partial charge in [-0.05, 0) is 18.0 Å². The van der Waals surface area contributed by atoms with Crippen molar-refractivity contribution in [3.8, 4) is 0 Å². The van der Waals surface area contributed by atoms with Gasteiger partial charge < -0.3 is 0 Å². The third-order valence-corrected chi connectivity index (χ3v) is 3.36. The topological polar surface area (TPSA) is 91.2 Å². The lowest BCUT2D eigenvalue weighted by Crippen LogP contribution is -2.58. The molecule has 18 heavy (non-hydrogen) atoms. The van der Waals surface area contributed by atoms with Gasteiger partial charge in [0.05, 0.1) is 6.04 Å². The van der Waals surface area contributed by atoms with E-state index in [2.05, 4.69) is 15.5 Å². The number of nitrogens with one attached hydrogen (secondary N) is 1. The molecule has 1 unspecified atom stereocenters. The number of amides is 3. The Hall–Kier alpha value is -1.79. The lowest BCUT2D eigenvalue weighted by atomic mass is 9.96. The van der Waals surface area contributed by atoms with E-state index in [-0.39, 0.29) is 11.9 Å². The van der Waals surface area contributed by atoms with Crippen LogP contribution in [0.2, 0.25) is 0 Å². The summed E-state index contributed by atoms with van der Waals surface area (Å²) >= 11 is 0. The summed E-state index contributed by atoms with van der Waals surface area (Å²) in [7, 11) is 1.31. The first kappa shape index (κ1) is 12.7. The van der Waals surface area contributed by atoms with E-state index in [0.29, 0.717) is 0 Å². The molecule has 1 saturated carbocycles. The highest BCUT2D eigenvalue weighted by atomic mass is 16.3. The van der Waals surface area contributed by atoms with Crippen molar-refractivity contribution in [1.29, 1.82) is 0 Å². The molecule has 0 aromatic heterocycles. The Morgan fingerprint density at radius 3 is 2.50 bits per heavy atom. The van der Waals surface area contributed by atoms with Gasteiger partial charge in [-0.3, -0.25) is 20.0 Å². The number of carbonyl (C=O) groups excluding carboxylic acids is 2. The van der Waals surface area contributed by atoms with Crippen LogP contribution in [0.5, 0.6) is 0 Å². The number of aliphatic imine (C=N–C) groups is 1. The van der Waals surface area contributed by atoms with Gasteiger partial charge in [0, 0.05) is 7.05 Å². The quantitative estimate of drug-likeness (QED) is 0.744. The van der Waals surface area contributed by atoms with E-state index >= 15 is 0 Å². The smallest absolute Gasteiger partial charge is 0.293 e. The molecule has 2 rings (SSSR count). The second kappa shape index (κ2) is 5.24. The summed E-state index contributed by atoms with van der Waals surface area (Å²) in [5.41, 5.74) is 0. The van der Waals surface area contributed by atoms with Gasteiger partial charge in [-0.15, -0.1) is 4.91 Å². The maximum atomic E-state index is 11.7. The minimum Gasteiger partial charge on any atom is -0.293 e. The van der Waals surface area contributed by atoms with Crippen molar-refractivity contribution in [2.75, 3.05) is 7.05 Å². The van der Waals surface area contributed by atoms with E-state index in [9.17, 15) is 14.5 Å². The number of imide groups is 1. The van der Waals surface area contributed by atoms with Crippen LogP contribution < -0.4 is 5.32 Å². The van der Waals surface area contributed by atoms with Crippen molar-refractivity contribution in [2.45, 2.75) is 44.2 Å². The van der Waals surface area contributed by atoms with Crippen LogP contribution in [0.15, 0.2) is 10.2 Å². The number of amidine groups is 1. The molecule has 3 amide bonds. The number of hydrogen-bond donors (Lipinski definition) is 1. The summed E-state index contributed by atoms with van der Waals surface area (Å²) in [4.78, 5) is 39.1. The number of rotatable bonds is 2. The Kier molecular flexibility index (Phi) is 3.69. The summed E-state index contributed by atoms with van der Waals surface area (Å²) in [6.45, 7) is 0. The van der Waals surface area contributed by atoms with Crippen molar-refractivity contribution in [3.63, 3.8) is 0 Å². The number of hydrogen-bond acceptors (Lipinski definition) is 5. The van der Waals surface area contributed by atoms with Gasteiger partial charge in [-0.2, -0.15) is 0 Å². The highest BCUT2D eigenvalue weighted by molar-refractivity contribution is 6.20. The summed E-state index contributed by atoms with van der Waals surface area (Å²) in [6, 6.07) is -1.70. The molecule has 2 fully saturated rings. The van der Waals surface area contributed by atoms with E-state index < -0.39 is 18.0 Å². The van der Waals surface area contributed by atoms with Crippen molar-refractivity contribution < 1.29 is 9.59 Å². The third-order valence-electron chi connectivity index (χ3n) is 3.36. The lowest BCUT2D eigenvalue weighted by Gasteiger charge is -2.27. The Morgan fingerprint density at radius 1 is 1.22 bits per heavy atom. The van der Waals surface area contributed by atoms with E-state index in [1.165, 1.54) is 13.5 Å². The van der Waals surface area contributed by atoms with Gasteiger partial charge in [-0.1, -0.05) is 19.3 Å². The van der Waals surface area contributed by atoms with Crippen LogP contribution >= 0.6 is 0 Å². The first-order valence-electron chi connectivity index (χ1n) is 6.12. The first-order valence-corrected chi connectivity index (χ1v) is 6.12. The summed E-state index contributed by atoms with van der Waals surface area (Å²) in [6.07, 6.45) is 5.21. The molecule has 98 valence electrons. The van der Waals surface area contributed by atoms with Crippen molar-refractivity contribution in [2.24, 2.45) is 10.2 Å². The minimum absolute atomic E-state index is 0.0782. The van der Waals surface area contributed by atoms with E-state index in [0.717, 1.165) is 30.6 Å². The molecule has 1 aliphatic heterocycles. The van der Waals surface area contributed by atoms with Crippen LogP contribution in [0, 0.1) is 4.91 Å². The molecule has 1 heterocycles. The van der Waals surface area contributed by atoms with Gasteiger partial charge in [0.1, 0.15) is 5.84 Å². The minimum atomic E-state index is -1.21. The van der Waals surface area contributed by atoms with Crippen molar-refractivity contribution in [1.82, 2.24) is 10.2 Å². The highest BCUT2D eigenvalue weighted by Crippen LogP contribution is 2.21. The molecule has 0 spiro atoms. The van der Waals surface area contributed by atoms with Crippen LogP contribution in [-0.2, 0) is 4.79 Å². The lowest BCUT2D eigenvalue weighted by molar-refractivity contribution is -0.127. The molecule has 0 aromatic carbocycles. The van der Waals surface area contributed by atoms with Gasteiger partial charge in [0.15, 0.2) is 0 Å². The van der Waals surface area contributed by atoms with Crippen molar-refractivity contribution >= 4 is 17.8 Å². The molecule has 1 atom stereocenters. The molecular weight excluding hydrogens is 236 g/mol. The number of nitrogens with zero attached hydrogens (tertiary/aromatic N) is 3. The number of likely N-dealkylation sites (N-methyl/N-ethyl adjacent to an activating group) is 1. The fraction of sp³-hybridized carbons (Fsp3) is 0.727. The van der Waals surface area contributed by atoms with Crippen molar-refractivity contribution in [3.05, 3.63) is 4.91 Å².